The fourth-order valence-electron chi connectivity index (χ4n) is 7.33. The molecule has 274 valence electrons. The van der Waals surface area contributed by atoms with E-state index in [0.717, 1.165) is 78.0 Å². The zero-order chi connectivity index (χ0) is 38.2. The molecule has 1 N–H and O–H groups in total. The van der Waals surface area contributed by atoms with Crippen molar-refractivity contribution >= 4 is 11.0 Å². The van der Waals surface area contributed by atoms with Gasteiger partial charge in [-0.15, -0.1) is 23.8 Å². The van der Waals surface area contributed by atoms with Crippen molar-refractivity contribution < 1.29 is 27.5 Å². The third kappa shape index (κ3) is 7.01. The van der Waals surface area contributed by atoms with Crippen LogP contribution >= 0.6 is 0 Å². The van der Waals surface area contributed by atoms with Crippen LogP contribution in [0, 0.1) is 6.07 Å². The number of nitrogens with zero attached hydrogens (tertiary/aromatic N) is 3. The predicted molar refractivity (Wildman–Crippen MR) is 226 cm³/mol. The summed E-state index contributed by atoms with van der Waals surface area (Å²) in [4.78, 5) is 10.2. The number of aromatic nitrogens is 3. The third-order valence-corrected chi connectivity index (χ3v) is 10.1. The van der Waals surface area contributed by atoms with Crippen molar-refractivity contribution in [3.63, 3.8) is 0 Å². The van der Waals surface area contributed by atoms with Gasteiger partial charge in [0.2, 0.25) is 0 Å². The molecule has 0 unspecified atom stereocenters. The van der Waals surface area contributed by atoms with Crippen molar-refractivity contribution in [2.45, 2.75) is 19.7 Å². The largest absolute Gasteiger partial charge is 0.507 e. The monoisotopic (exact) mass is 904 g/mol. The Morgan fingerprint density at radius 2 is 1.20 bits per heavy atom. The second-order valence-electron chi connectivity index (χ2n) is 13.9. The molecule has 0 saturated heterocycles. The summed E-state index contributed by atoms with van der Waals surface area (Å²) in [7, 11) is 0. The molecular weight excluding hydrogens is 866 g/mol. The van der Waals surface area contributed by atoms with E-state index in [1.54, 1.807) is 6.07 Å². The number of benzene rings is 7. The van der Waals surface area contributed by atoms with E-state index in [9.17, 15) is 5.11 Å². The molecular formula is C51H38N3OPt-. The van der Waals surface area contributed by atoms with Crippen LogP contribution in [-0.4, -0.2) is 19.6 Å². The summed E-state index contributed by atoms with van der Waals surface area (Å²) in [6.45, 7) is 3.82. The normalized spacial score (nSPS) is 11.6. The van der Waals surface area contributed by atoms with Gasteiger partial charge in [-0.2, -0.15) is 0 Å². The summed E-state index contributed by atoms with van der Waals surface area (Å²) < 4.78 is 11.0. The van der Waals surface area contributed by atoms with Gasteiger partial charge in [-0.3, -0.25) is 9.55 Å². The SMILES string of the molecule is [2H]C(C)(C)c1ccc(-n2c(-c3ccccc3O)nc3c(-c4[c-]c(-c5cc(-c6ccccc6)ccn5)cc(-c5ccccc5)c4)cccc32)c(-c2ccccc2)c1.[Pt]. The van der Waals surface area contributed by atoms with E-state index in [4.69, 9.17) is 11.3 Å². The number of phenolic OH excluding ortho intramolecular Hbond substituents is 1. The quantitative estimate of drug-likeness (QED) is 0.155. The van der Waals surface area contributed by atoms with Crippen LogP contribution in [0.5, 0.6) is 5.75 Å². The smallest absolute Gasteiger partial charge is 0.148 e. The van der Waals surface area contributed by atoms with E-state index in [0.29, 0.717) is 11.4 Å². The van der Waals surface area contributed by atoms with Gasteiger partial charge in [-0.05, 0) is 70.1 Å². The zero-order valence-electron chi connectivity index (χ0n) is 31.9. The molecule has 9 rings (SSSR count). The molecule has 0 radical (unpaired) electrons. The summed E-state index contributed by atoms with van der Waals surface area (Å²) in [6, 6.07) is 63.0. The van der Waals surface area contributed by atoms with Crippen LogP contribution in [-0.2, 0) is 21.1 Å². The number of fused-ring (bicyclic) bond motifs is 1. The van der Waals surface area contributed by atoms with Gasteiger partial charge >= 0.3 is 0 Å². The molecule has 0 fully saturated rings. The van der Waals surface area contributed by atoms with E-state index < -0.39 is 5.89 Å². The van der Waals surface area contributed by atoms with Crippen LogP contribution in [0.3, 0.4) is 0 Å². The summed E-state index contributed by atoms with van der Waals surface area (Å²) in [5, 5.41) is 11.3. The van der Waals surface area contributed by atoms with E-state index in [1.165, 1.54) is 0 Å². The maximum atomic E-state index is 11.3. The first-order chi connectivity index (χ1) is 27.3. The van der Waals surface area contributed by atoms with Gasteiger partial charge in [0.05, 0.1) is 22.3 Å². The van der Waals surface area contributed by atoms with E-state index in [1.807, 2.05) is 92.8 Å². The second kappa shape index (κ2) is 15.8. The van der Waals surface area contributed by atoms with E-state index in [-0.39, 0.29) is 26.8 Å². The average Bonchev–Trinajstić information content (AvgIpc) is 3.63. The zero-order valence-corrected chi connectivity index (χ0v) is 33.2. The summed E-state index contributed by atoms with van der Waals surface area (Å²) >= 11 is 0. The van der Waals surface area contributed by atoms with Gasteiger partial charge in [0.25, 0.3) is 0 Å². The molecule has 5 heteroatoms. The number of phenols is 1. The van der Waals surface area contributed by atoms with Crippen LogP contribution in [0.4, 0.5) is 0 Å². The molecule has 7 aromatic carbocycles. The van der Waals surface area contributed by atoms with Crippen LogP contribution in [0.25, 0.3) is 83.9 Å². The van der Waals surface area contributed by atoms with Crippen molar-refractivity contribution in [3.8, 4) is 78.6 Å². The first kappa shape index (κ1) is 35.4. The van der Waals surface area contributed by atoms with Gasteiger partial charge in [-0.1, -0.05) is 158 Å². The Kier molecular flexibility index (Phi) is 9.97. The summed E-state index contributed by atoms with van der Waals surface area (Å²) in [5.74, 6) is -0.0585. The molecule has 0 amide bonds. The molecule has 2 aromatic heterocycles. The van der Waals surface area contributed by atoms with E-state index >= 15 is 0 Å². The topological polar surface area (TPSA) is 50.9 Å². The van der Waals surface area contributed by atoms with Crippen molar-refractivity contribution in [2.24, 2.45) is 0 Å². The molecule has 0 saturated carbocycles. The maximum absolute atomic E-state index is 11.3. The number of pyridine rings is 1. The van der Waals surface area contributed by atoms with Crippen molar-refractivity contribution in [1.29, 1.82) is 0 Å². The number of hydrogen-bond donors (Lipinski definition) is 1. The second-order valence-corrected chi connectivity index (χ2v) is 13.9. The standard InChI is InChI=1S/C51H38N3O.Pt/c1-34(2)38-25-26-47(45(32-38)37-19-10-5-11-20-37)54-48-23-14-22-43(50(48)53-51(54)44-21-12-13-24-49(44)55)41-29-40(36-17-8-4-9-18-36)30-42(31-41)46-33-39(27-28-52-46)35-15-6-3-7-16-35;/h3-30,32-34,55H,1-2H3;/q-1;/i34D;. The Bertz CT molecular complexity index is 2850. The molecule has 2 heterocycles. The molecule has 0 aliphatic heterocycles. The first-order valence-corrected chi connectivity index (χ1v) is 18.5. The van der Waals surface area contributed by atoms with Gasteiger partial charge in [0.1, 0.15) is 11.6 Å². The molecule has 0 aliphatic rings. The number of rotatable bonds is 8. The van der Waals surface area contributed by atoms with Crippen LogP contribution in [0.1, 0.15) is 26.7 Å². The maximum Gasteiger partial charge on any atom is 0.148 e. The Balaban J connectivity index is 0.00000455. The van der Waals surface area contributed by atoms with Crippen molar-refractivity contribution in [1.82, 2.24) is 14.5 Å². The van der Waals surface area contributed by atoms with Crippen LogP contribution in [0.15, 0.2) is 182 Å². The fourth-order valence-corrected chi connectivity index (χ4v) is 7.33. The van der Waals surface area contributed by atoms with Crippen molar-refractivity contribution in [3.05, 3.63) is 194 Å². The average molecular weight is 905 g/mol. The van der Waals surface area contributed by atoms with Gasteiger partial charge in [0, 0.05) is 39.9 Å². The molecule has 9 aromatic rings. The van der Waals surface area contributed by atoms with Crippen LogP contribution < -0.4 is 0 Å². The number of hydrogen-bond acceptors (Lipinski definition) is 3. The number of aromatic hydroxyl groups is 1. The Hall–Kier alpha value is -6.35. The van der Waals surface area contributed by atoms with Gasteiger partial charge in [-0.25, -0.2) is 4.98 Å². The molecule has 0 aliphatic carbocycles. The molecule has 56 heavy (non-hydrogen) atoms. The third-order valence-electron chi connectivity index (χ3n) is 10.1. The minimum atomic E-state index is -0.806. The van der Waals surface area contributed by atoms with Gasteiger partial charge in [0.15, 0.2) is 0 Å². The Morgan fingerprint density at radius 1 is 0.571 bits per heavy atom. The van der Waals surface area contributed by atoms with E-state index in [2.05, 4.69) is 108 Å². The number of para-hydroxylation sites is 2. The minimum Gasteiger partial charge on any atom is -0.507 e. The minimum absolute atomic E-state index is 0. The summed E-state index contributed by atoms with van der Waals surface area (Å²) in [5.41, 5.74) is 13.8. The molecule has 0 atom stereocenters. The van der Waals surface area contributed by atoms with Gasteiger partial charge < -0.3 is 5.11 Å². The van der Waals surface area contributed by atoms with Crippen LogP contribution in [0.2, 0.25) is 0 Å². The predicted octanol–water partition coefficient (Wildman–Crippen LogP) is 13.0. The van der Waals surface area contributed by atoms with Crippen molar-refractivity contribution in [2.75, 3.05) is 0 Å². The Labute approximate surface area is 343 Å². The fraction of sp³-hybridized carbons (Fsp3) is 0.0588. The number of imidazole rings is 1. The molecule has 4 nitrogen and oxygen atoms in total. The summed E-state index contributed by atoms with van der Waals surface area (Å²) in [6.07, 6.45) is 1.86. The molecule has 0 bridgehead atoms. The Morgan fingerprint density at radius 3 is 1.89 bits per heavy atom. The first-order valence-electron chi connectivity index (χ1n) is 19.0. The molecule has 0 spiro atoms.